The van der Waals surface area contributed by atoms with Crippen molar-refractivity contribution >= 4 is 22.5 Å². The fraction of sp³-hybridized carbons (Fsp3) is 0.222. The van der Waals surface area contributed by atoms with Crippen molar-refractivity contribution in [2.45, 2.75) is 12.8 Å². The number of hydrogen-bond acceptors (Lipinski definition) is 6. The summed E-state index contributed by atoms with van der Waals surface area (Å²) in [5.74, 6) is -0.427. The largest absolute Gasteiger partial charge is 0.508 e. The van der Waals surface area contributed by atoms with Crippen molar-refractivity contribution in [3.05, 3.63) is 53.7 Å². The van der Waals surface area contributed by atoms with E-state index in [9.17, 15) is 14.7 Å². The topological polar surface area (TPSA) is 84.9 Å². The lowest BCUT2D eigenvalue weighted by Crippen LogP contribution is -2.19. The molecule has 126 valence electrons. The molecule has 0 aliphatic heterocycles. The van der Waals surface area contributed by atoms with Crippen LogP contribution in [0.25, 0.3) is 10.8 Å². The van der Waals surface area contributed by atoms with Crippen molar-refractivity contribution in [3.63, 3.8) is 0 Å². The van der Waals surface area contributed by atoms with Crippen LogP contribution in [0.3, 0.4) is 0 Å². The molecule has 0 radical (unpaired) electrons. The summed E-state index contributed by atoms with van der Waals surface area (Å²) in [7, 11) is 2.73. The molecule has 0 atom stereocenters. The van der Waals surface area contributed by atoms with E-state index < -0.39 is 0 Å². The zero-order valence-electron chi connectivity index (χ0n) is 13.5. The minimum Gasteiger partial charge on any atom is -0.508 e. The molecule has 0 bridgehead atoms. The second kappa shape index (κ2) is 8.12. The second-order valence-electron chi connectivity index (χ2n) is 5.11. The fourth-order valence-electron chi connectivity index (χ4n) is 2.26. The smallest absolute Gasteiger partial charge is 0.305 e. The van der Waals surface area contributed by atoms with Gasteiger partial charge in [-0.1, -0.05) is 24.3 Å². The predicted octanol–water partition coefficient (Wildman–Crippen LogP) is 2.72. The molecule has 0 aliphatic rings. The van der Waals surface area contributed by atoms with Gasteiger partial charge in [-0.25, -0.2) is 0 Å². The zero-order valence-corrected chi connectivity index (χ0v) is 13.5. The molecule has 0 unspecified atom stereocenters. The van der Waals surface area contributed by atoms with Crippen LogP contribution in [0.4, 0.5) is 0 Å². The molecule has 24 heavy (non-hydrogen) atoms. The van der Waals surface area contributed by atoms with Gasteiger partial charge in [0.05, 0.1) is 14.2 Å². The summed E-state index contributed by atoms with van der Waals surface area (Å²) in [5.41, 5.74) is 3.27. The fourth-order valence-corrected chi connectivity index (χ4v) is 2.26. The predicted molar refractivity (Wildman–Crippen MR) is 89.4 cm³/mol. The number of allylic oxidation sites excluding steroid dienone is 2. The van der Waals surface area contributed by atoms with Gasteiger partial charge < -0.3 is 9.84 Å². The van der Waals surface area contributed by atoms with E-state index in [0.29, 0.717) is 12.0 Å². The Morgan fingerprint density at radius 3 is 2.54 bits per heavy atom. The number of rotatable bonds is 7. The first kappa shape index (κ1) is 17.5. The van der Waals surface area contributed by atoms with E-state index in [4.69, 9.17) is 4.84 Å². The first-order valence-corrected chi connectivity index (χ1v) is 7.38. The number of phenols is 1. The lowest BCUT2D eigenvalue weighted by atomic mass is 10.0. The van der Waals surface area contributed by atoms with Gasteiger partial charge in [-0.2, -0.15) is 0 Å². The van der Waals surface area contributed by atoms with Crippen molar-refractivity contribution in [2.75, 3.05) is 14.2 Å². The molecule has 0 fully saturated rings. The Kier molecular flexibility index (Phi) is 5.92. The van der Waals surface area contributed by atoms with E-state index in [2.05, 4.69) is 10.2 Å². The molecule has 0 saturated heterocycles. The standard InChI is InChI=1S/C18H19NO5/c1-23-17(21)5-3-4-16(19-24-2)18(22)14-7-6-13-11-15(20)9-8-12(13)10-14/h4,6-11,19-20H,3,5H2,1-2H3. The number of ketones is 1. The maximum absolute atomic E-state index is 12.6. The molecule has 0 heterocycles. The molecular weight excluding hydrogens is 310 g/mol. The third kappa shape index (κ3) is 4.33. The second-order valence-corrected chi connectivity index (χ2v) is 5.11. The van der Waals surface area contributed by atoms with E-state index in [-0.39, 0.29) is 29.6 Å². The number of ether oxygens (including phenoxy) is 1. The number of methoxy groups -OCH3 is 1. The molecule has 2 aromatic rings. The number of benzene rings is 2. The number of nitrogens with one attached hydrogen (secondary N) is 1. The van der Waals surface area contributed by atoms with Gasteiger partial charge in [-0.05, 0) is 35.4 Å². The number of carbonyl (C=O) groups excluding carboxylic acids is 2. The first-order chi connectivity index (χ1) is 11.5. The number of hydrogen-bond donors (Lipinski definition) is 2. The SMILES string of the molecule is CONC(=CCCC(=O)OC)C(=O)c1ccc2cc(O)ccc2c1. The van der Waals surface area contributed by atoms with E-state index in [1.165, 1.54) is 14.2 Å². The Bertz CT molecular complexity index is 782. The molecule has 0 aromatic heterocycles. The molecule has 0 saturated carbocycles. The van der Waals surface area contributed by atoms with E-state index in [1.807, 2.05) is 0 Å². The van der Waals surface area contributed by atoms with Gasteiger partial charge in [0.1, 0.15) is 11.4 Å². The van der Waals surface area contributed by atoms with Crippen LogP contribution in [-0.2, 0) is 14.4 Å². The van der Waals surface area contributed by atoms with Crippen LogP contribution in [-0.4, -0.2) is 31.1 Å². The Morgan fingerprint density at radius 2 is 1.83 bits per heavy atom. The van der Waals surface area contributed by atoms with Gasteiger partial charge in [0.2, 0.25) is 5.78 Å². The molecule has 6 nitrogen and oxygen atoms in total. The Hall–Kier alpha value is -2.86. The number of esters is 1. The average molecular weight is 329 g/mol. The highest BCUT2D eigenvalue weighted by Crippen LogP contribution is 2.22. The van der Waals surface area contributed by atoms with E-state index >= 15 is 0 Å². The maximum atomic E-state index is 12.6. The monoisotopic (exact) mass is 329 g/mol. The summed E-state index contributed by atoms with van der Waals surface area (Å²) in [6.07, 6.45) is 2.13. The van der Waals surface area contributed by atoms with Crippen molar-refractivity contribution < 1.29 is 24.3 Å². The van der Waals surface area contributed by atoms with Crippen molar-refractivity contribution in [3.8, 4) is 5.75 Å². The van der Waals surface area contributed by atoms with Crippen molar-refractivity contribution in [1.29, 1.82) is 0 Å². The molecule has 0 spiro atoms. The van der Waals surface area contributed by atoms with Gasteiger partial charge in [0, 0.05) is 12.0 Å². The number of aromatic hydroxyl groups is 1. The molecule has 2 N–H and O–H groups in total. The van der Waals surface area contributed by atoms with Gasteiger partial charge in [-0.3, -0.25) is 19.9 Å². The van der Waals surface area contributed by atoms with Crippen LogP contribution in [0.5, 0.6) is 5.75 Å². The third-order valence-corrected chi connectivity index (χ3v) is 3.47. The van der Waals surface area contributed by atoms with Crippen LogP contribution >= 0.6 is 0 Å². The third-order valence-electron chi connectivity index (χ3n) is 3.47. The minimum atomic E-state index is -0.346. The summed E-state index contributed by atoms with van der Waals surface area (Å²) in [6, 6.07) is 10.1. The van der Waals surface area contributed by atoms with Gasteiger partial charge in [0.25, 0.3) is 0 Å². The minimum absolute atomic E-state index is 0.172. The summed E-state index contributed by atoms with van der Waals surface area (Å²) >= 11 is 0. The normalized spacial score (nSPS) is 11.3. The number of Topliss-reactive ketones (excluding diaryl/α,β-unsaturated/α-hetero) is 1. The molecule has 2 aromatic carbocycles. The first-order valence-electron chi connectivity index (χ1n) is 7.38. The lowest BCUT2D eigenvalue weighted by molar-refractivity contribution is -0.140. The van der Waals surface area contributed by atoms with Crippen LogP contribution < -0.4 is 5.48 Å². The van der Waals surface area contributed by atoms with Crippen LogP contribution in [0, 0.1) is 0 Å². The van der Waals surface area contributed by atoms with Gasteiger partial charge in [-0.15, -0.1) is 0 Å². The van der Waals surface area contributed by atoms with Gasteiger partial charge >= 0.3 is 5.97 Å². The van der Waals surface area contributed by atoms with E-state index in [0.717, 1.165) is 10.8 Å². The number of carbonyl (C=O) groups is 2. The van der Waals surface area contributed by atoms with Crippen molar-refractivity contribution in [2.24, 2.45) is 0 Å². The molecular formula is C18H19NO5. The number of hydroxylamine groups is 1. The summed E-state index contributed by atoms with van der Waals surface area (Å²) in [6.45, 7) is 0. The average Bonchev–Trinajstić information content (AvgIpc) is 2.59. The van der Waals surface area contributed by atoms with Gasteiger partial charge in [0.15, 0.2) is 0 Å². The summed E-state index contributed by atoms with van der Waals surface area (Å²) in [4.78, 5) is 28.6. The Balaban J connectivity index is 2.23. The van der Waals surface area contributed by atoms with Crippen molar-refractivity contribution in [1.82, 2.24) is 5.48 Å². The molecule has 0 amide bonds. The molecule has 6 heteroatoms. The highest BCUT2D eigenvalue weighted by Gasteiger charge is 2.13. The number of phenolic OH excluding ortho intramolecular Hbond substituents is 1. The highest BCUT2D eigenvalue weighted by atomic mass is 16.6. The Labute approximate surface area is 139 Å². The van der Waals surface area contributed by atoms with Crippen LogP contribution in [0.2, 0.25) is 0 Å². The maximum Gasteiger partial charge on any atom is 0.305 e. The van der Waals surface area contributed by atoms with Crippen LogP contribution in [0.15, 0.2) is 48.2 Å². The van der Waals surface area contributed by atoms with Crippen LogP contribution in [0.1, 0.15) is 23.2 Å². The highest BCUT2D eigenvalue weighted by molar-refractivity contribution is 6.10. The molecule has 2 rings (SSSR count). The summed E-state index contributed by atoms with van der Waals surface area (Å²) < 4.78 is 4.57. The summed E-state index contributed by atoms with van der Waals surface area (Å²) in [5, 5.41) is 11.2. The molecule has 0 aliphatic carbocycles. The lowest BCUT2D eigenvalue weighted by Gasteiger charge is -2.09. The zero-order chi connectivity index (χ0) is 17.5. The number of fused-ring (bicyclic) bond motifs is 1. The quantitative estimate of drug-likeness (QED) is 0.352. The Morgan fingerprint density at radius 1 is 1.12 bits per heavy atom. The van der Waals surface area contributed by atoms with E-state index in [1.54, 1.807) is 42.5 Å².